The molecule has 0 aliphatic carbocycles. The summed E-state index contributed by atoms with van der Waals surface area (Å²) in [6.07, 6.45) is -0.571. The molecule has 1 rings (SSSR count). The number of aliphatic carboxylic acids is 1. The van der Waals surface area contributed by atoms with Crippen LogP contribution < -0.4 is 22.1 Å². The minimum atomic E-state index is -1.35. The molecule has 10 heteroatoms. The van der Waals surface area contributed by atoms with E-state index in [1.165, 1.54) is 24.3 Å². The molecule has 0 aromatic heterocycles. The number of benzene rings is 1. The Morgan fingerprint density at radius 1 is 1.00 bits per heavy atom. The number of amides is 3. The molecule has 154 valence electrons. The zero-order valence-electron chi connectivity index (χ0n) is 15.7. The first-order valence-electron chi connectivity index (χ1n) is 8.66. The first kappa shape index (κ1) is 22.9. The Balaban J connectivity index is 2.89. The number of carboxylic acids is 1. The van der Waals surface area contributed by atoms with E-state index in [0.717, 1.165) is 0 Å². The fourth-order valence-electron chi connectivity index (χ4n) is 2.32. The molecule has 0 spiro atoms. The van der Waals surface area contributed by atoms with E-state index in [4.69, 9.17) is 11.5 Å². The highest BCUT2D eigenvalue weighted by Gasteiger charge is 2.29. The summed E-state index contributed by atoms with van der Waals surface area (Å²) < 4.78 is 0. The van der Waals surface area contributed by atoms with E-state index in [0.29, 0.717) is 5.56 Å². The molecule has 1 aromatic carbocycles. The number of aromatic hydroxyl groups is 1. The van der Waals surface area contributed by atoms with Crippen LogP contribution in [-0.2, 0) is 25.6 Å². The van der Waals surface area contributed by atoms with Crippen LogP contribution in [0.25, 0.3) is 0 Å². The Morgan fingerprint density at radius 3 is 2.00 bits per heavy atom. The number of phenolic OH excluding ortho intramolecular Hbond substituents is 1. The molecule has 1 aromatic rings. The molecule has 10 nitrogen and oxygen atoms in total. The normalized spacial score (nSPS) is 14.0. The smallest absolute Gasteiger partial charge is 0.326 e. The van der Waals surface area contributed by atoms with Crippen LogP contribution in [-0.4, -0.2) is 52.0 Å². The Morgan fingerprint density at radius 2 is 1.54 bits per heavy atom. The van der Waals surface area contributed by atoms with Gasteiger partial charge in [0.2, 0.25) is 17.7 Å². The predicted octanol–water partition coefficient (Wildman–Crippen LogP) is -1.15. The van der Waals surface area contributed by atoms with Gasteiger partial charge in [0.15, 0.2) is 0 Å². The molecule has 3 atom stereocenters. The van der Waals surface area contributed by atoms with Crippen LogP contribution in [0.15, 0.2) is 24.3 Å². The van der Waals surface area contributed by atoms with Crippen LogP contribution in [0.3, 0.4) is 0 Å². The number of hydrogen-bond donors (Lipinski definition) is 6. The third kappa shape index (κ3) is 7.23. The fourth-order valence-corrected chi connectivity index (χ4v) is 2.32. The fraction of sp³-hybridized carbons (Fsp3) is 0.444. The summed E-state index contributed by atoms with van der Waals surface area (Å²) >= 11 is 0. The molecule has 0 fully saturated rings. The number of nitrogens with one attached hydrogen (secondary N) is 2. The van der Waals surface area contributed by atoms with Gasteiger partial charge in [0.05, 0.1) is 12.5 Å². The highest BCUT2D eigenvalue weighted by molar-refractivity contribution is 5.94. The minimum Gasteiger partial charge on any atom is -0.508 e. The lowest BCUT2D eigenvalue weighted by molar-refractivity contribution is -0.142. The predicted molar refractivity (Wildman–Crippen MR) is 99.9 cm³/mol. The molecule has 0 aliphatic heterocycles. The molecule has 0 heterocycles. The van der Waals surface area contributed by atoms with Gasteiger partial charge in [-0.25, -0.2) is 4.79 Å². The van der Waals surface area contributed by atoms with Crippen molar-refractivity contribution in [1.29, 1.82) is 0 Å². The second kappa shape index (κ2) is 10.3. The van der Waals surface area contributed by atoms with E-state index in [-0.39, 0.29) is 18.1 Å². The summed E-state index contributed by atoms with van der Waals surface area (Å²) in [6, 6.07) is 2.23. The lowest BCUT2D eigenvalue weighted by atomic mass is 10.0. The van der Waals surface area contributed by atoms with Crippen LogP contribution in [0.1, 0.15) is 25.8 Å². The summed E-state index contributed by atoms with van der Waals surface area (Å²) in [5.74, 6) is -3.85. The van der Waals surface area contributed by atoms with E-state index >= 15 is 0 Å². The molecule has 0 saturated heterocycles. The Kier molecular flexibility index (Phi) is 8.39. The number of nitrogens with two attached hydrogens (primary N) is 2. The van der Waals surface area contributed by atoms with Gasteiger partial charge in [-0.05, 0) is 23.6 Å². The topological polar surface area (TPSA) is 185 Å². The van der Waals surface area contributed by atoms with E-state index in [1.54, 1.807) is 13.8 Å². The summed E-state index contributed by atoms with van der Waals surface area (Å²) in [5.41, 5.74) is 11.4. The number of carboxylic acid groups (broad SMARTS) is 1. The molecule has 0 aliphatic rings. The standard InChI is InChI=1S/C18H26N4O6/c1-9(2)15(20)17(26)21-12(8-14(19)24)16(25)22-13(18(27)28)7-10-3-5-11(23)6-4-10/h3-6,9,12-13,15,23H,7-8,20H2,1-2H3,(H2,19,24)(H,21,26)(H,22,25)(H,27,28). The molecule has 8 N–H and O–H groups in total. The first-order chi connectivity index (χ1) is 13.0. The van der Waals surface area contributed by atoms with Gasteiger partial charge in [-0.1, -0.05) is 26.0 Å². The molecule has 28 heavy (non-hydrogen) atoms. The van der Waals surface area contributed by atoms with Crippen LogP contribution >= 0.6 is 0 Å². The van der Waals surface area contributed by atoms with Gasteiger partial charge in [-0.15, -0.1) is 0 Å². The molecular formula is C18H26N4O6. The van der Waals surface area contributed by atoms with Crippen LogP contribution in [0.2, 0.25) is 0 Å². The van der Waals surface area contributed by atoms with Gasteiger partial charge < -0.3 is 32.3 Å². The van der Waals surface area contributed by atoms with Crippen molar-refractivity contribution in [3.8, 4) is 5.75 Å². The lowest BCUT2D eigenvalue weighted by Gasteiger charge is -2.23. The van der Waals surface area contributed by atoms with E-state index in [2.05, 4.69) is 10.6 Å². The van der Waals surface area contributed by atoms with Crippen LogP contribution in [0, 0.1) is 5.92 Å². The summed E-state index contributed by atoms with van der Waals surface area (Å²) in [4.78, 5) is 47.4. The molecule has 3 amide bonds. The van der Waals surface area contributed by atoms with Crippen molar-refractivity contribution in [2.24, 2.45) is 17.4 Å². The van der Waals surface area contributed by atoms with Gasteiger partial charge >= 0.3 is 5.97 Å². The number of phenols is 1. The average Bonchev–Trinajstić information content (AvgIpc) is 2.60. The second-order valence-corrected chi connectivity index (χ2v) is 6.77. The SMILES string of the molecule is CC(C)C(N)C(=O)NC(CC(N)=O)C(=O)NC(Cc1ccc(O)cc1)C(=O)O. The zero-order valence-corrected chi connectivity index (χ0v) is 15.7. The van der Waals surface area contributed by atoms with Crippen molar-refractivity contribution in [2.75, 3.05) is 0 Å². The zero-order chi connectivity index (χ0) is 21.4. The van der Waals surface area contributed by atoms with Crippen molar-refractivity contribution in [3.63, 3.8) is 0 Å². The van der Waals surface area contributed by atoms with E-state index in [9.17, 15) is 29.4 Å². The van der Waals surface area contributed by atoms with Crippen molar-refractivity contribution < 1.29 is 29.4 Å². The molecule has 0 saturated carbocycles. The van der Waals surface area contributed by atoms with Crippen molar-refractivity contribution in [3.05, 3.63) is 29.8 Å². The Bertz CT molecular complexity index is 719. The summed E-state index contributed by atoms with van der Waals surface area (Å²) in [6.45, 7) is 3.43. The van der Waals surface area contributed by atoms with Gasteiger partial charge in [-0.2, -0.15) is 0 Å². The monoisotopic (exact) mass is 394 g/mol. The molecule has 0 bridgehead atoms. The largest absolute Gasteiger partial charge is 0.508 e. The lowest BCUT2D eigenvalue weighted by Crippen LogP contribution is -2.56. The minimum absolute atomic E-state index is 0.0189. The van der Waals surface area contributed by atoms with Gasteiger partial charge in [0, 0.05) is 6.42 Å². The van der Waals surface area contributed by atoms with Crippen molar-refractivity contribution in [2.45, 2.75) is 44.8 Å². The van der Waals surface area contributed by atoms with Crippen LogP contribution in [0.4, 0.5) is 0 Å². The number of hydrogen-bond acceptors (Lipinski definition) is 6. The highest BCUT2D eigenvalue weighted by Crippen LogP contribution is 2.12. The Hall–Kier alpha value is -3.14. The van der Waals surface area contributed by atoms with Gasteiger partial charge in [-0.3, -0.25) is 14.4 Å². The maximum atomic E-state index is 12.5. The molecular weight excluding hydrogens is 368 g/mol. The van der Waals surface area contributed by atoms with Gasteiger partial charge in [0.1, 0.15) is 17.8 Å². The maximum absolute atomic E-state index is 12.5. The number of carbonyl (C=O) groups is 4. The Labute approximate surface area is 162 Å². The average molecular weight is 394 g/mol. The summed E-state index contributed by atoms with van der Waals surface area (Å²) in [5, 5.41) is 23.3. The van der Waals surface area contributed by atoms with Gasteiger partial charge in [0.25, 0.3) is 0 Å². The summed E-state index contributed by atoms with van der Waals surface area (Å²) in [7, 11) is 0. The van der Waals surface area contributed by atoms with Crippen LogP contribution in [0.5, 0.6) is 5.75 Å². The highest BCUT2D eigenvalue weighted by atomic mass is 16.4. The quantitative estimate of drug-likeness (QED) is 0.289. The second-order valence-electron chi connectivity index (χ2n) is 6.77. The van der Waals surface area contributed by atoms with Crippen molar-refractivity contribution in [1.82, 2.24) is 10.6 Å². The first-order valence-corrected chi connectivity index (χ1v) is 8.66. The third-order valence-corrected chi connectivity index (χ3v) is 4.05. The number of rotatable bonds is 10. The van der Waals surface area contributed by atoms with E-state index in [1.807, 2.05) is 0 Å². The number of primary amides is 1. The molecule has 3 unspecified atom stereocenters. The third-order valence-electron chi connectivity index (χ3n) is 4.05. The van der Waals surface area contributed by atoms with Crippen molar-refractivity contribution >= 4 is 23.7 Å². The van der Waals surface area contributed by atoms with E-state index < -0.39 is 48.2 Å². The number of carbonyl (C=O) groups excluding carboxylic acids is 3. The maximum Gasteiger partial charge on any atom is 0.326 e. The molecule has 0 radical (unpaired) electrons.